The Morgan fingerprint density at radius 2 is 0.983 bits per heavy atom. The topological polar surface area (TPSA) is 284 Å². The fourth-order valence-electron chi connectivity index (χ4n) is 6.42. The van der Waals surface area contributed by atoms with E-state index in [4.69, 9.17) is 63.7 Å². The molecule has 59 heavy (non-hydrogen) atoms. The third-order valence-corrected chi connectivity index (χ3v) is 8.77. The second-order valence-corrected chi connectivity index (χ2v) is 15.4. The number of esters is 1. The molecular weight excluding hydrogens is 812 g/mol. The maximum Gasteiger partial charge on any atom is 1.00 e. The van der Waals surface area contributed by atoms with E-state index in [9.17, 15) is 28.8 Å². The third kappa shape index (κ3) is 14.8. The number of carboxylic acid groups (broad SMARTS) is 3. The number of benzene rings is 1. The van der Waals surface area contributed by atoms with Crippen molar-refractivity contribution in [2.45, 2.75) is 154 Å². The van der Waals surface area contributed by atoms with Crippen LogP contribution in [0.1, 0.15) is 103 Å². The summed E-state index contributed by atoms with van der Waals surface area (Å²) in [7, 11) is 0. The summed E-state index contributed by atoms with van der Waals surface area (Å²) in [5.41, 5.74) is 6.25. The van der Waals surface area contributed by atoms with Crippen molar-refractivity contribution >= 4 is 35.7 Å². The van der Waals surface area contributed by atoms with Crippen LogP contribution in [-0.4, -0.2) is 136 Å². The summed E-state index contributed by atoms with van der Waals surface area (Å²) in [4.78, 5) is 64.7. The van der Waals surface area contributed by atoms with Gasteiger partial charge in [0.15, 0.2) is 47.6 Å². The van der Waals surface area contributed by atoms with Gasteiger partial charge in [0, 0.05) is 6.54 Å². The van der Waals surface area contributed by atoms with Gasteiger partial charge in [-0.3, -0.25) is 14.9 Å². The van der Waals surface area contributed by atoms with Crippen LogP contribution in [0.4, 0.5) is 0 Å². The number of nitrogens with one attached hydrogen (secondary N) is 1. The van der Waals surface area contributed by atoms with E-state index in [1.807, 2.05) is 13.8 Å². The summed E-state index contributed by atoms with van der Waals surface area (Å²) >= 11 is 0. The molecule has 7 rings (SSSR count). The van der Waals surface area contributed by atoms with E-state index in [1.54, 1.807) is 79.7 Å². The first-order valence-electron chi connectivity index (χ1n) is 18.7. The summed E-state index contributed by atoms with van der Waals surface area (Å²) in [5.74, 6) is -6.83. The zero-order valence-corrected chi connectivity index (χ0v) is 38.4. The molecule has 5 saturated heterocycles. The van der Waals surface area contributed by atoms with Crippen LogP contribution in [0, 0.1) is 0 Å². The van der Waals surface area contributed by atoms with Gasteiger partial charge >= 0.3 is 75.3 Å². The van der Waals surface area contributed by atoms with Crippen molar-refractivity contribution in [1.82, 2.24) is 5.32 Å². The van der Waals surface area contributed by atoms with E-state index in [0.29, 0.717) is 30.6 Å². The number of aliphatic carboxylic acids is 3. The fraction of sp³-hybridized carbons (Fsp3) is 0.684. The van der Waals surface area contributed by atoms with Gasteiger partial charge < -0.3 is 63.7 Å². The molecule has 0 unspecified atom stereocenters. The van der Waals surface area contributed by atoms with Crippen LogP contribution in [0.3, 0.4) is 0 Å². The molecule has 0 aliphatic carbocycles. The van der Waals surface area contributed by atoms with Gasteiger partial charge in [-0.25, -0.2) is 19.2 Å². The van der Waals surface area contributed by atoms with Crippen molar-refractivity contribution in [3.8, 4) is 0 Å². The summed E-state index contributed by atoms with van der Waals surface area (Å²) < 4.78 is 46.9. The van der Waals surface area contributed by atoms with Gasteiger partial charge in [-0.05, 0) is 80.4 Å². The average molecular weight is 868 g/mol. The van der Waals surface area contributed by atoms with Gasteiger partial charge in [0.05, 0.1) is 23.3 Å². The van der Waals surface area contributed by atoms with Crippen LogP contribution in [0.2, 0.25) is 0 Å². The van der Waals surface area contributed by atoms with Crippen molar-refractivity contribution < 1.29 is 138 Å². The SMILES string of the molecule is CC1(C)O[C@@H]2COC(=O)[C@@H]2O1.CC1(C)O[C@H](CN)[C@H](C(=O)O)O1.CC[C@H]1OC(C)(C)O[C@H]1C(=O)O.CC[C@H]1OC(C)(C)O[C@H]1C(=O)O.O=C1NC(=O)c2ccccc21.[K+]. The number of fused-ring (bicyclic) bond motifs is 2. The number of hydrogen-bond acceptors (Lipinski definition) is 16. The Morgan fingerprint density at radius 1 is 0.627 bits per heavy atom. The van der Waals surface area contributed by atoms with Crippen LogP contribution in [0.5, 0.6) is 0 Å². The molecular formula is C38H56KN2O18+. The Kier molecular flexibility index (Phi) is 19.2. The number of rotatable bonds is 6. The number of imide groups is 1. The Balaban J connectivity index is 0.000000253. The van der Waals surface area contributed by atoms with E-state index in [2.05, 4.69) is 5.32 Å². The molecule has 1 aromatic rings. The van der Waals surface area contributed by atoms with E-state index in [0.717, 1.165) is 0 Å². The zero-order chi connectivity index (χ0) is 44.0. The number of carbonyl (C=O) groups excluding carboxylic acids is 3. The van der Waals surface area contributed by atoms with Gasteiger partial charge in [-0.2, -0.15) is 0 Å². The fourth-order valence-corrected chi connectivity index (χ4v) is 6.42. The van der Waals surface area contributed by atoms with E-state index >= 15 is 0 Å². The molecule has 8 atom stereocenters. The van der Waals surface area contributed by atoms with Crippen molar-refractivity contribution in [3.63, 3.8) is 0 Å². The molecule has 0 aromatic heterocycles. The van der Waals surface area contributed by atoms with Crippen LogP contribution in [0.15, 0.2) is 24.3 Å². The number of amides is 2. The van der Waals surface area contributed by atoms with Gasteiger partial charge in [0.2, 0.25) is 0 Å². The largest absolute Gasteiger partial charge is 1.00 e. The Bertz CT molecular complexity index is 1540. The predicted molar refractivity (Wildman–Crippen MR) is 197 cm³/mol. The Hall–Kier alpha value is -2.48. The molecule has 0 radical (unpaired) electrons. The van der Waals surface area contributed by atoms with Crippen LogP contribution < -0.4 is 62.4 Å². The van der Waals surface area contributed by atoms with Crippen LogP contribution >= 0.6 is 0 Å². The smallest absolute Gasteiger partial charge is 0.479 e. The summed E-state index contributed by atoms with van der Waals surface area (Å²) in [6.45, 7) is 18.0. The molecule has 1 aromatic carbocycles. The normalized spacial score (nSPS) is 30.7. The van der Waals surface area contributed by atoms with E-state index in [-0.39, 0.29) is 94.0 Å². The quantitative estimate of drug-likeness (QED) is 0.133. The zero-order valence-electron chi connectivity index (χ0n) is 35.3. The molecule has 0 spiro atoms. The predicted octanol–water partition coefficient (Wildman–Crippen LogP) is -0.810. The maximum absolute atomic E-state index is 10.9. The number of cyclic esters (lactones) is 1. The third-order valence-electron chi connectivity index (χ3n) is 8.77. The molecule has 6 N–H and O–H groups in total. The van der Waals surface area contributed by atoms with Gasteiger partial charge in [-0.15, -0.1) is 0 Å². The van der Waals surface area contributed by atoms with Gasteiger partial charge in [0.25, 0.3) is 11.8 Å². The number of carboxylic acids is 3. The molecule has 6 heterocycles. The van der Waals surface area contributed by atoms with Gasteiger partial charge in [-0.1, -0.05) is 26.0 Å². The van der Waals surface area contributed by atoms with E-state index in [1.165, 1.54) is 0 Å². The van der Waals surface area contributed by atoms with Crippen molar-refractivity contribution in [1.29, 1.82) is 0 Å². The van der Waals surface area contributed by atoms with Crippen molar-refractivity contribution in [2.75, 3.05) is 13.2 Å². The first kappa shape index (κ1) is 52.7. The standard InChI is InChI=1S/C8H5NO2.2C8H14O4.C7H13NO4.C7H10O4.K/c10-7-5-3-1-2-4-6(5)8(11)9-7;2*1-4-5-6(7(9)10)12-8(2,3)11-5;1-7(2)11-4(3-8)5(12-7)6(9)10;1-7(2)10-4-3-9-6(8)5(4)11-7;/h1-4H,(H,9,10,11);2*5-6H,4H2,1-3H3,(H,9,10);4-5H,3,8H2,1-2H3,(H,9,10);4-5H,3H2,1-2H3;/q;;;;;+1/t;2*5-,6-;2*4-,5-;/m.1111./s1. The average Bonchev–Trinajstić information content (AvgIpc) is 3.95. The molecule has 326 valence electrons. The molecule has 0 bridgehead atoms. The second-order valence-electron chi connectivity index (χ2n) is 15.4. The first-order chi connectivity index (χ1) is 26.8. The van der Waals surface area contributed by atoms with Crippen molar-refractivity contribution in [3.05, 3.63) is 35.4 Å². The minimum atomic E-state index is -1.03. The molecule has 6 aliphatic heterocycles. The number of carbonyl (C=O) groups is 6. The number of hydrogen-bond donors (Lipinski definition) is 5. The van der Waals surface area contributed by atoms with Crippen LogP contribution in [-0.2, 0) is 61.8 Å². The minimum absolute atomic E-state index is 0. The first-order valence-corrected chi connectivity index (χ1v) is 18.7. The number of ether oxygens (including phenoxy) is 9. The van der Waals surface area contributed by atoms with Gasteiger partial charge in [0.1, 0.15) is 18.8 Å². The second kappa shape index (κ2) is 21.5. The summed E-state index contributed by atoms with van der Waals surface area (Å²) in [6.07, 6.45) is -3.14. The maximum atomic E-state index is 10.9. The molecule has 2 amide bonds. The molecule has 21 heteroatoms. The van der Waals surface area contributed by atoms with E-state index < -0.39 is 71.6 Å². The Labute approximate surface area is 384 Å². The molecule has 6 aliphatic rings. The molecule has 20 nitrogen and oxygen atoms in total. The summed E-state index contributed by atoms with van der Waals surface area (Å²) in [6, 6.07) is 6.74. The summed E-state index contributed by atoms with van der Waals surface area (Å²) in [5, 5.41) is 28.4. The molecule has 0 saturated carbocycles. The van der Waals surface area contributed by atoms with Crippen molar-refractivity contribution in [2.24, 2.45) is 5.73 Å². The number of nitrogens with two attached hydrogens (primary N) is 1. The monoisotopic (exact) mass is 867 g/mol. The Morgan fingerprint density at radius 3 is 1.29 bits per heavy atom. The van der Waals surface area contributed by atoms with Crippen LogP contribution in [0.25, 0.3) is 0 Å². The molecule has 5 fully saturated rings. The minimum Gasteiger partial charge on any atom is -0.479 e.